The lowest BCUT2D eigenvalue weighted by Crippen LogP contribution is -2.34. The molecule has 0 amide bonds. The van der Waals surface area contributed by atoms with Crippen molar-refractivity contribution in [2.24, 2.45) is 5.73 Å². The molecule has 0 bridgehead atoms. The zero-order valence-corrected chi connectivity index (χ0v) is 43.8. The SMILES string of the molecule is CCCCCCCCCCCCCCCCCCCCCCCCCCOCC(COP(=O)(O)OCC(N)C(=O)O)OC(=O)CCCCCCCCCCCCCCCCCCCCC. The molecule has 0 spiro atoms. The van der Waals surface area contributed by atoms with Gasteiger partial charge in [0.15, 0.2) is 0 Å². The van der Waals surface area contributed by atoms with Gasteiger partial charge in [0, 0.05) is 13.0 Å². The van der Waals surface area contributed by atoms with Crippen molar-refractivity contribution in [2.75, 3.05) is 26.4 Å². The van der Waals surface area contributed by atoms with Crippen molar-refractivity contribution >= 4 is 19.8 Å². The van der Waals surface area contributed by atoms with E-state index in [9.17, 15) is 19.0 Å². The zero-order chi connectivity index (χ0) is 47.6. The number of carboxylic acids is 1. The molecule has 0 saturated heterocycles. The predicted octanol–water partition coefficient (Wildman–Crippen LogP) is 16.7. The Balaban J connectivity index is 4.01. The number of esters is 1. The molecule has 65 heavy (non-hydrogen) atoms. The molecule has 3 unspecified atom stereocenters. The van der Waals surface area contributed by atoms with E-state index in [1.807, 2.05) is 0 Å². The Morgan fingerprint density at radius 3 is 1.02 bits per heavy atom. The Kier molecular flexibility index (Phi) is 50.0. The summed E-state index contributed by atoms with van der Waals surface area (Å²) in [5.74, 6) is -1.76. The van der Waals surface area contributed by atoms with Crippen LogP contribution in [0.4, 0.5) is 0 Å². The number of hydrogen-bond acceptors (Lipinski definition) is 8. The van der Waals surface area contributed by atoms with Crippen LogP contribution in [0, 0.1) is 0 Å². The quantitative estimate of drug-likeness (QED) is 0.0305. The molecule has 0 fully saturated rings. The molecule has 0 aromatic rings. The van der Waals surface area contributed by atoms with E-state index >= 15 is 0 Å². The van der Waals surface area contributed by atoms with Crippen LogP contribution < -0.4 is 5.73 Å². The van der Waals surface area contributed by atoms with Crippen LogP contribution in [-0.4, -0.2) is 60.5 Å². The first-order chi connectivity index (χ1) is 31.7. The van der Waals surface area contributed by atoms with Crippen molar-refractivity contribution in [3.05, 3.63) is 0 Å². The summed E-state index contributed by atoms with van der Waals surface area (Å²) in [4.78, 5) is 33.7. The van der Waals surface area contributed by atoms with Crippen molar-refractivity contribution in [1.82, 2.24) is 0 Å². The molecule has 0 aliphatic heterocycles. The molecule has 10 nitrogen and oxygen atoms in total. The Hall–Kier alpha value is -1.03. The number of carbonyl (C=O) groups is 2. The number of phosphoric acid groups is 1. The number of carboxylic acid groups (broad SMARTS) is 1. The number of ether oxygens (including phenoxy) is 2. The van der Waals surface area contributed by atoms with Crippen molar-refractivity contribution in [3.8, 4) is 0 Å². The number of aliphatic carboxylic acids is 1. The second-order valence-electron chi connectivity index (χ2n) is 19.4. The minimum Gasteiger partial charge on any atom is -0.480 e. The Bertz CT molecular complexity index is 1050. The average Bonchev–Trinajstić information content (AvgIpc) is 3.29. The summed E-state index contributed by atoms with van der Waals surface area (Å²) in [5.41, 5.74) is 5.39. The highest BCUT2D eigenvalue weighted by atomic mass is 31.2. The molecule has 0 aliphatic carbocycles. The van der Waals surface area contributed by atoms with Gasteiger partial charge in [0.1, 0.15) is 12.1 Å². The molecule has 0 saturated carbocycles. The normalized spacial score (nSPS) is 13.5. The van der Waals surface area contributed by atoms with Crippen molar-refractivity contribution in [1.29, 1.82) is 0 Å². The molecule has 11 heteroatoms. The molecule has 0 aliphatic rings. The van der Waals surface area contributed by atoms with Gasteiger partial charge in [-0.2, -0.15) is 0 Å². The second-order valence-corrected chi connectivity index (χ2v) is 20.9. The van der Waals surface area contributed by atoms with Gasteiger partial charge >= 0.3 is 19.8 Å². The number of phosphoric ester groups is 1. The monoisotopic (exact) mass is 946 g/mol. The van der Waals surface area contributed by atoms with Crippen molar-refractivity contribution < 1.29 is 42.7 Å². The number of rotatable bonds is 55. The molecule has 0 aromatic carbocycles. The van der Waals surface area contributed by atoms with Gasteiger partial charge in [0.2, 0.25) is 0 Å². The lowest BCUT2D eigenvalue weighted by molar-refractivity contribution is -0.154. The van der Waals surface area contributed by atoms with Crippen LogP contribution in [0.25, 0.3) is 0 Å². The van der Waals surface area contributed by atoms with E-state index in [4.69, 9.17) is 29.4 Å². The third-order valence-corrected chi connectivity index (χ3v) is 13.8. The average molecular weight is 946 g/mol. The summed E-state index contributed by atoms with van der Waals surface area (Å²) in [5, 5.41) is 8.94. The van der Waals surface area contributed by atoms with Crippen LogP contribution in [0.15, 0.2) is 0 Å². The highest BCUT2D eigenvalue weighted by Gasteiger charge is 2.27. The summed E-state index contributed by atoms with van der Waals surface area (Å²) < 4.78 is 33.6. The Morgan fingerprint density at radius 2 is 0.708 bits per heavy atom. The van der Waals surface area contributed by atoms with Crippen LogP contribution in [0.3, 0.4) is 0 Å². The van der Waals surface area contributed by atoms with Gasteiger partial charge in [-0.1, -0.05) is 277 Å². The number of unbranched alkanes of at least 4 members (excludes halogenated alkanes) is 41. The molecule has 0 heterocycles. The van der Waals surface area contributed by atoms with E-state index in [2.05, 4.69) is 13.8 Å². The lowest BCUT2D eigenvalue weighted by atomic mass is 10.0. The van der Waals surface area contributed by atoms with Crippen LogP contribution in [0.2, 0.25) is 0 Å². The van der Waals surface area contributed by atoms with Gasteiger partial charge in [-0.3, -0.25) is 18.6 Å². The molecule has 4 N–H and O–H groups in total. The molecule has 0 radical (unpaired) electrons. The summed E-state index contributed by atoms with van der Waals surface area (Å²) in [6.07, 6.45) is 56.0. The summed E-state index contributed by atoms with van der Waals surface area (Å²) in [7, 11) is -4.62. The molecule has 388 valence electrons. The van der Waals surface area contributed by atoms with Gasteiger partial charge in [0.05, 0.1) is 19.8 Å². The van der Waals surface area contributed by atoms with E-state index in [0.29, 0.717) is 6.61 Å². The maximum absolute atomic E-state index is 12.7. The first-order valence-electron chi connectivity index (χ1n) is 28.1. The molecule has 0 rings (SSSR count). The topological polar surface area (TPSA) is 155 Å². The fraction of sp³-hybridized carbons (Fsp3) is 0.963. The van der Waals surface area contributed by atoms with Gasteiger partial charge in [-0.25, -0.2) is 4.57 Å². The van der Waals surface area contributed by atoms with Crippen molar-refractivity contribution in [3.63, 3.8) is 0 Å². The maximum atomic E-state index is 12.7. The third-order valence-electron chi connectivity index (χ3n) is 12.9. The molecule has 3 atom stereocenters. The van der Waals surface area contributed by atoms with E-state index < -0.39 is 45.1 Å². The smallest absolute Gasteiger partial charge is 0.472 e. The minimum absolute atomic E-state index is 0.0267. The van der Waals surface area contributed by atoms with Crippen molar-refractivity contribution in [2.45, 2.75) is 309 Å². The molecule has 0 aromatic heterocycles. The van der Waals surface area contributed by atoms with Gasteiger partial charge < -0.3 is 25.2 Å². The summed E-state index contributed by atoms with van der Waals surface area (Å²) in [6.45, 7) is 3.97. The maximum Gasteiger partial charge on any atom is 0.472 e. The Labute approximate surface area is 401 Å². The van der Waals surface area contributed by atoms with Crippen LogP contribution in [0.5, 0.6) is 0 Å². The zero-order valence-electron chi connectivity index (χ0n) is 42.9. The minimum atomic E-state index is -4.62. The lowest BCUT2D eigenvalue weighted by Gasteiger charge is -2.20. The highest BCUT2D eigenvalue weighted by Crippen LogP contribution is 2.43. The largest absolute Gasteiger partial charge is 0.480 e. The standard InChI is InChI=1S/C54H108NO9P/c1-3-5-7-9-11-13-15-17-19-21-23-24-25-26-27-29-31-33-35-37-39-41-43-45-47-61-48-51(49-62-65(59,60)63-50-52(55)54(57)58)64-53(56)46-44-42-40-38-36-34-32-30-28-22-20-18-16-14-12-10-8-6-4-2/h51-52H,3-50,55H2,1-2H3,(H,57,58)(H,59,60). The van der Waals surface area contributed by atoms with E-state index in [0.717, 1.165) is 38.5 Å². The predicted molar refractivity (Wildman–Crippen MR) is 273 cm³/mol. The molecular weight excluding hydrogens is 838 g/mol. The molecular formula is C54H108NO9P. The highest BCUT2D eigenvalue weighted by molar-refractivity contribution is 7.47. The van der Waals surface area contributed by atoms with E-state index in [1.54, 1.807) is 0 Å². The van der Waals surface area contributed by atoms with Gasteiger partial charge in [0.25, 0.3) is 0 Å². The van der Waals surface area contributed by atoms with E-state index in [-0.39, 0.29) is 13.0 Å². The fourth-order valence-electron chi connectivity index (χ4n) is 8.55. The van der Waals surface area contributed by atoms with Crippen LogP contribution >= 0.6 is 7.82 Å². The third kappa shape index (κ3) is 50.7. The van der Waals surface area contributed by atoms with Crippen LogP contribution in [-0.2, 0) is 32.7 Å². The first kappa shape index (κ1) is 64.0. The number of nitrogens with two attached hydrogens (primary N) is 1. The second kappa shape index (κ2) is 50.8. The summed E-state index contributed by atoms with van der Waals surface area (Å²) >= 11 is 0. The van der Waals surface area contributed by atoms with Gasteiger partial charge in [-0.15, -0.1) is 0 Å². The first-order valence-corrected chi connectivity index (χ1v) is 29.6. The fourth-order valence-corrected chi connectivity index (χ4v) is 9.33. The summed E-state index contributed by atoms with van der Waals surface area (Å²) in [6, 6.07) is -1.47. The number of carbonyl (C=O) groups excluding carboxylic acids is 1. The Morgan fingerprint density at radius 1 is 0.431 bits per heavy atom. The van der Waals surface area contributed by atoms with Crippen LogP contribution in [0.1, 0.15) is 296 Å². The van der Waals surface area contributed by atoms with Gasteiger partial charge in [-0.05, 0) is 12.8 Å². The van der Waals surface area contributed by atoms with E-state index in [1.165, 1.54) is 238 Å². The number of hydrogen-bond donors (Lipinski definition) is 3.